The van der Waals surface area contributed by atoms with Crippen LogP contribution in [0, 0.1) is 0 Å². The van der Waals surface area contributed by atoms with Crippen molar-refractivity contribution < 1.29 is 14.6 Å². The van der Waals surface area contributed by atoms with Gasteiger partial charge in [0.25, 0.3) is 0 Å². The Morgan fingerprint density at radius 1 is 1.83 bits per heavy atom. The average molecular weight is 168 g/mol. The molecule has 3 heteroatoms. The molecule has 0 aliphatic heterocycles. The summed E-state index contributed by atoms with van der Waals surface area (Å²) in [6.07, 6.45) is 5.73. The summed E-state index contributed by atoms with van der Waals surface area (Å²) in [7, 11) is 1.32. The number of rotatable bonds is 3. The van der Waals surface area contributed by atoms with E-state index in [1.807, 2.05) is 18.2 Å². The molecule has 1 rings (SSSR count). The maximum Gasteiger partial charge on any atom is 0.308 e. The van der Waals surface area contributed by atoms with Crippen LogP contribution in [0.5, 0.6) is 0 Å². The molecule has 0 saturated carbocycles. The minimum Gasteiger partial charge on any atom is -0.469 e. The highest BCUT2D eigenvalue weighted by atomic mass is 16.5. The quantitative estimate of drug-likeness (QED) is 0.634. The molecule has 1 atom stereocenters. The third-order valence-electron chi connectivity index (χ3n) is 1.82. The van der Waals surface area contributed by atoms with Crippen molar-refractivity contribution in [1.82, 2.24) is 0 Å². The zero-order valence-electron chi connectivity index (χ0n) is 6.99. The fraction of sp³-hybridized carbons (Fsp3) is 0.444. The first kappa shape index (κ1) is 9.00. The largest absolute Gasteiger partial charge is 0.469 e. The molecular weight excluding hydrogens is 156 g/mol. The van der Waals surface area contributed by atoms with Gasteiger partial charge in [0.2, 0.25) is 0 Å². The highest BCUT2D eigenvalue weighted by Gasteiger charge is 2.15. The fourth-order valence-corrected chi connectivity index (χ4v) is 1.08. The molecule has 0 heterocycles. The zero-order chi connectivity index (χ0) is 8.97. The average Bonchev–Trinajstić information content (AvgIpc) is 2.56. The number of ether oxygens (including phenoxy) is 1. The lowest BCUT2D eigenvalue weighted by Crippen LogP contribution is -2.16. The fourth-order valence-electron chi connectivity index (χ4n) is 1.08. The van der Waals surface area contributed by atoms with Gasteiger partial charge in [0.15, 0.2) is 0 Å². The van der Waals surface area contributed by atoms with Gasteiger partial charge < -0.3 is 9.84 Å². The molecule has 0 aromatic heterocycles. The van der Waals surface area contributed by atoms with Crippen LogP contribution in [0.1, 0.15) is 12.8 Å². The van der Waals surface area contributed by atoms with Crippen LogP contribution in [0.2, 0.25) is 0 Å². The van der Waals surface area contributed by atoms with Crippen molar-refractivity contribution in [3.05, 3.63) is 23.8 Å². The Balaban J connectivity index is 2.38. The number of esters is 1. The van der Waals surface area contributed by atoms with Crippen molar-refractivity contribution in [2.24, 2.45) is 0 Å². The lowest BCUT2D eigenvalue weighted by Gasteiger charge is -2.09. The van der Waals surface area contributed by atoms with E-state index in [0.717, 1.165) is 12.0 Å². The first-order valence-corrected chi connectivity index (χ1v) is 3.84. The number of carbonyl (C=O) groups excluding carboxylic acids is 1. The first-order chi connectivity index (χ1) is 5.74. The number of carbonyl (C=O) groups is 1. The van der Waals surface area contributed by atoms with E-state index < -0.39 is 6.10 Å². The van der Waals surface area contributed by atoms with Crippen molar-refractivity contribution in [3.63, 3.8) is 0 Å². The molecule has 3 nitrogen and oxygen atoms in total. The van der Waals surface area contributed by atoms with Crippen molar-refractivity contribution in [2.75, 3.05) is 7.11 Å². The van der Waals surface area contributed by atoms with Gasteiger partial charge >= 0.3 is 5.97 Å². The van der Waals surface area contributed by atoms with E-state index in [1.165, 1.54) is 7.11 Å². The first-order valence-electron chi connectivity index (χ1n) is 3.84. The summed E-state index contributed by atoms with van der Waals surface area (Å²) in [6, 6.07) is 0. The van der Waals surface area contributed by atoms with Crippen LogP contribution in [0.15, 0.2) is 23.8 Å². The standard InChI is InChI=1S/C9H12O3/c1-12-9(11)6-8(10)7-4-2-3-5-7/h2-4,8,10H,5-6H2,1H3. The highest BCUT2D eigenvalue weighted by molar-refractivity contribution is 5.70. The zero-order valence-corrected chi connectivity index (χ0v) is 6.99. The van der Waals surface area contributed by atoms with Gasteiger partial charge in [-0.3, -0.25) is 4.79 Å². The molecular formula is C9H12O3. The molecule has 1 unspecified atom stereocenters. The van der Waals surface area contributed by atoms with Gasteiger partial charge in [-0.1, -0.05) is 18.2 Å². The van der Waals surface area contributed by atoms with E-state index in [9.17, 15) is 9.90 Å². The normalized spacial score (nSPS) is 17.3. The molecule has 0 radical (unpaired) electrons. The number of aliphatic hydroxyl groups excluding tert-OH is 1. The van der Waals surface area contributed by atoms with Crippen LogP contribution >= 0.6 is 0 Å². The summed E-state index contributed by atoms with van der Waals surface area (Å²) in [6.45, 7) is 0. The minimum absolute atomic E-state index is 0.0456. The molecule has 1 N–H and O–H groups in total. The van der Waals surface area contributed by atoms with Crippen LogP contribution in [-0.2, 0) is 9.53 Å². The maximum atomic E-state index is 10.7. The minimum atomic E-state index is -0.688. The number of hydrogen-bond donors (Lipinski definition) is 1. The molecule has 0 saturated heterocycles. The topological polar surface area (TPSA) is 46.5 Å². The van der Waals surface area contributed by atoms with E-state index in [2.05, 4.69) is 4.74 Å². The van der Waals surface area contributed by atoms with Crippen LogP contribution in [-0.4, -0.2) is 24.3 Å². The lowest BCUT2D eigenvalue weighted by atomic mass is 10.1. The molecule has 0 spiro atoms. The van der Waals surface area contributed by atoms with Gasteiger partial charge in [-0.05, 0) is 12.0 Å². The van der Waals surface area contributed by atoms with Gasteiger partial charge in [0.05, 0.1) is 19.6 Å². The smallest absolute Gasteiger partial charge is 0.308 e. The summed E-state index contributed by atoms with van der Waals surface area (Å²) in [5.74, 6) is -0.379. The Labute approximate surface area is 71.3 Å². The summed E-state index contributed by atoms with van der Waals surface area (Å²) in [5.41, 5.74) is 0.875. The molecule has 1 aliphatic rings. The van der Waals surface area contributed by atoms with Crippen LogP contribution in [0.25, 0.3) is 0 Å². The Kier molecular flexibility index (Phi) is 3.05. The lowest BCUT2D eigenvalue weighted by molar-refractivity contribution is -0.142. The molecule has 0 amide bonds. The number of allylic oxidation sites excluding steroid dienone is 3. The third-order valence-corrected chi connectivity index (χ3v) is 1.82. The van der Waals surface area contributed by atoms with Crippen LogP contribution in [0.4, 0.5) is 0 Å². The monoisotopic (exact) mass is 168 g/mol. The molecule has 12 heavy (non-hydrogen) atoms. The molecule has 0 aromatic rings. The van der Waals surface area contributed by atoms with Gasteiger partial charge in [-0.2, -0.15) is 0 Å². The predicted molar refractivity (Wildman–Crippen MR) is 44.5 cm³/mol. The van der Waals surface area contributed by atoms with E-state index in [0.29, 0.717) is 0 Å². The van der Waals surface area contributed by atoms with Crippen molar-refractivity contribution >= 4 is 5.97 Å². The Morgan fingerprint density at radius 2 is 2.58 bits per heavy atom. The summed E-state index contributed by atoms with van der Waals surface area (Å²) in [4.78, 5) is 10.7. The summed E-state index contributed by atoms with van der Waals surface area (Å²) < 4.78 is 4.43. The number of methoxy groups -OCH3 is 1. The SMILES string of the molecule is COC(=O)CC(O)C1=CC=CC1. The third kappa shape index (κ3) is 2.20. The second kappa shape index (κ2) is 4.07. The predicted octanol–water partition coefficient (Wildman–Crippen LogP) is 0.797. The van der Waals surface area contributed by atoms with Gasteiger partial charge in [-0.25, -0.2) is 0 Å². The van der Waals surface area contributed by atoms with E-state index in [1.54, 1.807) is 0 Å². The molecule has 0 bridgehead atoms. The molecule has 66 valence electrons. The Morgan fingerprint density at radius 3 is 3.08 bits per heavy atom. The molecule has 0 fully saturated rings. The number of hydrogen-bond acceptors (Lipinski definition) is 3. The highest BCUT2D eigenvalue weighted by Crippen LogP contribution is 2.16. The van der Waals surface area contributed by atoms with E-state index in [-0.39, 0.29) is 12.4 Å². The second-order valence-corrected chi connectivity index (χ2v) is 2.67. The van der Waals surface area contributed by atoms with Gasteiger partial charge in [-0.15, -0.1) is 0 Å². The van der Waals surface area contributed by atoms with Crippen molar-refractivity contribution in [3.8, 4) is 0 Å². The van der Waals surface area contributed by atoms with Crippen molar-refractivity contribution in [1.29, 1.82) is 0 Å². The van der Waals surface area contributed by atoms with Crippen molar-refractivity contribution in [2.45, 2.75) is 18.9 Å². The molecule has 1 aliphatic carbocycles. The Hall–Kier alpha value is -1.09. The summed E-state index contributed by atoms with van der Waals surface area (Å²) in [5, 5.41) is 9.44. The van der Waals surface area contributed by atoms with Crippen LogP contribution in [0.3, 0.4) is 0 Å². The van der Waals surface area contributed by atoms with E-state index in [4.69, 9.17) is 0 Å². The second-order valence-electron chi connectivity index (χ2n) is 2.67. The Bertz CT molecular complexity index is 228. The molecule has 0 aromatic carbocycles. The number of aliphatic hydroxyl groups is 1. The van der Waals surface area contributed by atoms with Crippen LogP contribution < -0.4 is 0 Å². The van der Waals surface area contributed by atoms with Gasteiger partial charge in [0, 0.05) is 0 Å². The summed E-state index contributed by atoms with van der Waals surface area (Å²) >= 11 is 0. The van der Waals surface area contributed by atoms with E-state index >= 15 is 0 Å². The van der Waals surface area contributed by atoms with Gasteiger partial charge in [0.1, 0.15) is 0 Å². The maximum absolute atomic E-state index is 10.7.